The zero-order chi connectivity index (χ0) is 28.7. The van der Waals surface area contributed by atoms with E-state index in [1.54, 1.807) is 0 Å². The number of hydrogen-bond acceptors (Lipinski definition) is 9. The fourth-order valence-electron chi connectivity index (χ4n) is 6.47. The van der Waals surface area contributed by atoms with Crippen molar-refractivity contribution in [1.82, 2.24) is 25.5 Å². The number of nitrogens with zero attached hydrogens (tertiary/aromatic N) is 4. The Kier molecular flexibility index (Phi) is 7.36. The molecule has 5 rings (SSSR count). The Morgan fingerprint density at radius 1 is 1.07 bits per heavy atom. The van der Waals surface area contributed by atoms with Crippen LogP contribution in [0.4, 0.5) is 0 Å². The van der Waals surface area contributed by atoms with E-state index in [9.17, 15) is 19.2 Å². The molecule has 3 aliphatic heterocycles. The number of nitrogens with one attached hydrogen (secondary N) is 2. The smallest absolute Gasteiger partial charge is 0.599 e. The first-order valence-electron chi connectivity index (χ1n) is 13.6. The van der Waals surface area contributed by atoms with Gasteiger partial charge in [0.05, 0.1) is 25.2 Å². The van der Waals surface area contributed by atoms with Gasteiger partial charge in [-0.25, -0.2) is 14.6 Å². The number of rotatable bonds is 9. The molecule has 12 nitrogen and oxygen atoms in total. The normalized spacial score (nSPS) is 28.8. The van der Waals surface area contributed by atoms with Gasteiger partial charge in [-0.15, -0.1) is 0 Å². The molecule has 2 aromatic rings. The highest BCUT2D eigenvalue weighted by Gasteiger charge is 2.77. The monoisotopic (exact) mass is 550 g/mol. The number of hydrogen-bond donors (Lipinski definition) is 2. The van der Waals surface area contributed by atoms with Crippen molar-refractivity contribution in [3.05, 3.63) is 60.2 Å². The number of benzene rings is 1. The van der Waals surface area contributed by atoms with E-state index >= 15 is 0 Å². The van der Waals surface area contributed by atoms with Crippen molar-refractivity contribution in [3.8, 4) is 0 Å². The number of quaternary nitrogens is 1. The van der Waals surface area contributed by atoms with Crippen molar-refractivity contribution < 1.29 is 32.9 Å². The first-order valence-corrected chi connectivity index (χ1v) is 13.6. The molecule has 40 heavy (non-hydrogen) atoms. The van der Waals surface area contributed by atoms with Crippen LogP contribution in [0.2, 0.25) is 0 Å². The number of piperazine rings is 1. The predicted molar refractivity (Wildman–Crippen MR) is 144 cm³/mol. The maximum Gasteiger partial charge on any atom is 0.606 e. The summed E-state index contributed by atoms with van der Waals surface area (Å²) in [6.45, 7) is 2.18. The maximum atomic E-state index is 14.0. The molecule has 3 aliphatic rings. The third-order valence-corrected chi connectivity index (χ3v) is 8.46. The van der Waals surface area contributed by atoms with E-state index in [-0.39, 0.29) is 22.4 Å². The lowest BCUT2D eigenvalue weighted by molar-refractivity contribution is -0.849. The van der Waals surface area contributed by atoms with E-state index in [2.05, 4.69) is 20.6 Å². The first kappa shape index (κ1) is 27.7. The minimum absolute atomic E-state index is 0.0189. The van der Waals surface area contributed by atoms with Gasteiger partial charge in [-0.2, -0.15) is 0 Å². The number of aromatic nitrogens is 2. The van der Waals surface area contributed by atoms with Gasteiger partial charge in [-0.1, -0.05) is 44.2 Å². The number of carbonyl (C=O) groups excluding carboxylic acids is 4. The van der Waals surface area contributed by atoms with E-state index in [1.165, 1.54) is 18.6 Å². The van der Waals surface area contributed by atoms with E-state index in [0.717, 1.165) is 5.56 Å². The molecule has 13 heteroatoms. The van der Waals surface area contributed by atoms with Gasteiger partial charge in [0.25, 0.3) is 5.91 Å². The lowest BCUT2D eigenvalue weighted by Crippen LogP contribution is -2.78. The molecule has 1 aromatic carbocycles. The molecule has 0 radical (unpaired) electrons. The van der Waals surface area contributed by atoms with Crippen LogP contribution in [0.25, 0.3) is 0 Å². The summed E-state index contributed by atoms with van der Waals surface area (Å²) in [7, 11) is 3.69. The molecule has 1 aromatic heterocycles. The largest absolute Gasteiger partial charge is 0.606 e. The Balaban J connectivity index is 1.47. The fourth-order valence-corrected chi connectivity index (χ4v) is 6.47. The second kappa shape index (κ2) is 10.6. The molecule has 0 bridgehead atoms. The van der Waals surface area contributed by atoms with Crippen molar-refractivity contribution >= 4 is 30.4 Å². The van der Waals surface area contributed by atoms with Gasteiger partial charge in [0.15, 0.2) is 12.1 Å². The molecule has 0 saturated carbocycles. The van der Waals surface area contributed by atoms with Gasteiger partial charge in [-0.3, -0.25) is 19.5 Å². The first-order chi connectivity index (χ1) is 19.0. The quantitative estimate of drug-likeness (QED) is 0.415. The van der Waals surface area contributed by atoms with Crippen LogP contribution in [-0.2, 0) is 30.1 Å². The molecule has 3 fully saturated rings. The zero-order valence-electron chi connectivity index (χ0n) is 23.1. The molecule has 2 N–H and O–H groups in total. The minimum Gasteiger partial charge on any atom is -0.599 e. The average Bonchev–Trinajstić information content (AvgIpc) is 3.28. The average molecular weight is 550 g/mol. The minimum atomic E-state index is -2.62. The molecule has 4 atom stereocenters. The highest BCUT2D eigenvalue weighted by Crippen LogP contribution is 2.47. The molecule has 3 saturated heterocycles. The van der Waals surface area contributed by atoms with Crippen molar-refractivity contribution in [1.29, 1.82) is 0 Å². The summed E-state index contributed by atoms with van der Waals surface area (Å²) in [4.78, 5) is 63.3. The van der Waals surface area contributed by atoms with E-state index in [0.29, 0.717) is 19.5 Å². The molecule has 0 spiro atoms. The van der Waals surface area contributed by atoms with Crippen LogP contribution < -0.4 is 10.6 Å². The van der Waals surface area contributed by atoms with Crippen LogP contribution in [-0.4, -0.2) is 101 Å². The Morgan fingerprint density at radius 3 is 2.30 bits per heavy atom. The highest BCUT2D eigenvalue weighted by molar-refractivity contribution is 6.68. The standard InChI is InChI=1S/C27H35BN6O6/c1-17(2)12-23(28-34(4)21(26(37)39-28)15-33(3)16-22(34)27(38)40-28)32-24(35)19(13-18-8-6-5-7-9-18)31-25(36)20-14-29-10-11-30-20/h5-11,14,17,19,21-23H,12-13,15-16H2,1-4H3,(H,31,36)(H,32,35)/t19-,21+,22+,23-,28?,34?/m0/s1. The Labute approximate surface area is 233 Å². The summed E-state index contributed by atoms with van der Waals surface area (Å²) in [6.07, 6.45) is 4.78. The predicted octanol–water partition coefficient (Wildman–Crippen LogP) is 0.0695. The lowest BCUT2D eigenvalue weighted by atomic mass is 9.56. The van der Waals surface area contributed by atoms with Crippen molar-refractivity contribution in [2.24, 2.45) is 5.92 Å². The van der Waals surface area contributed by atoms with Crippen LogP contribution >= 0.6 is 0 Å². The highest BCUT2D eigenvalue weighted by atomic mass is 16.7. The Morgan fingerprint density at radius 2 is 1.73 bits per heavy atom. The van der Waals surface area contributed by atoms with Gasteiger partial charge in [0.1, 0.15) is 11.7 Å². The fraction of sp³-hybridized carbons (Fsp3) is 0.481. The van der Waals surface area contributed by atoms with Crippen LogP contribution in [0.15, 0.2) is 48.9 Å². The summed E-state index contributed by atoms with van der Waals surface area (Å²) in [6, 6.07) is 7.10. The molecular formula is C27H35BN6O6. The maximum absolute atomic E-state index is 14.0. The zero-order valence-corrected chi connectivity index (χ0v) is 23.1. The summed E-state index contributed by atoms with van der Waals surface area (Å²) >= 11 is 0. The number of carbonyl (C=O) groups is 4. The van der Waals surface area contributed by atoms with Gasteiger partial charge in [0, 0.05) is 25.9 Å². The second-order valence-corrected chi connectivity index (χ2v) is 11.6. The van der Waals surface area contributed by atoms with Crippen molar-refractivity contribution in [2.75, 3.05) is 27.2 Å². The lowest BCUT2D eigenvalue weighted by Gasteiger charge is -2.53. The molecular weight excluding hydrogens is 515 g/mol. The molecule has 212 valence electrons. The Bertz CT molecular complexity index is 1270. The van der Waals surface area contributed by atoms with E-state index in [4.69, 9.17) is 9.31 Å². The van der Waals surface area contributed by atoms with E-state index < -0.39 is 54.5 Å². The van der Waals surface area contributed by atoms with Gasteiger partial charge in [0.2, 0.25) is 5.91 Å². The Hall–Kier alpha value is -3.84. The number of likely N-dealkylation sites (N-methyl/N-ethyl adjacent to an activating group) is 2. The van der Waals surface area contributed by atoms with Crippen LogP contribution in [0.5, 0.6) is 0 Å². The summed E-state index contributed by atoms with van der Waals surface area (Å²) in [5.74, 6) is -2.64. The van der Waals surface area contributed by atoms with Gasteiger partial charge < -0.3 is 24.3 Å². The molecule has 0 aliphatic carbocycles. The van der Waals surface area contributed by atoms with E-state index in [1.807, 2.05) is 63.2 Å². The summed E-state index contributed by atoms with van der Waals surface area (Å²) < 4.78 is 12.0. The number of amides is 2. The topological polar surface area (TPSA) is 140 Å². The van der Waals surface area contributed by atoms with Crippen LogP contribution in [0.3, 0.4) is 0 Å². The molecule has 0 unspecified atom stereocenters. The molecule has 4 heterocycles. The third kappa shape index (κ3) is 4.73. The van der Waals surface area contributed by atoms with Crippen molar-refractivity contribution in [2.45, 2.75) is 50.8 Å². The summed E-state index contributed by atoms with van der Waals surface area (Å²) in [5.41, 5.74) is 0.912. The van der Waals surface area contributed by atoms with Crippen LogP contribution in [0.1, 0.15) is 36.3 Å². The van der Waals surface area contributed by atoms with Crippen molar-refractivity contribution in [3.63, 3.8) is 0 Å². The SMILES string of the molecule is CC(C)C[C@H](NC(=O)[C@H](Cc1ccccc1)NC(=O)c1cnccn1)[B-]12OC(=O)[C@H]3CN(C)C[C@H](C(=O)O1)[N+]32C. The third-order valence-electron chi connectivity index (χ3n) is 8.46. The van der Waals surface area contributed by atoms with Gasteiger partial charge >= 0.3 is 18.6 Å². The van der Waals surface area contributed by atoms with Crippen LogP contribution in [0, 0.1) is 5.92 Å². The molecule has 2 amide bonds. The summed E-state index contributed by atoms with van der Waals surface area (Å²) in [5, 5.41) is 5.84. The second-order valence-electron chi connectivity index (χ2n) is 11.6. The van der Waals surface area contributed by atoms with Gasteiger partial charge in [-0.05, 0) is 24.9 Å².